The Morgan fingerprint density at radius 3 is 2.80 bits per heavy atom. The minimum absolute atomic E-state index is 0.456. The predicted octanol–water partition coefficient (Wildman–Crippen LogP) is 3.70. The van der Waals surface area contributed by atoms with Crippen LogP contribution >= 0.6 is 11.6 Å². The zero-order valence-electron chi connectivity index (χ0n) is 11.5. The second kappa shape index (κ2) is 6.96. The van der Waals surface area contributed by atoms with Crippen molar-refractivity contribution in [3.8, 4) is 5.75 Å². The van der Waals surface area contributed by atoms with Crippen LogP contribution in [0.4, 0.5) is 17.5 Å². The minimum atomic E-state index is 0.456. The highest BCUT2D eigenvalue weighted by Crippen LogP contribution is 2.29. The van der Waals surface area contributed by atoms with Gasteiger partial charge in [-0.15, -0.1) is 0 Å². The number of aromatic nitrogens is 2. The van der Waals surface area contributed by atoms with Crippen molar-refractivity contribution in [3.63, 3.8) is 0 Å². The summed E-state index contributed by atoms with van der Waals surface area (Å²) in [5.41, 5.74) is 0.817. The quantitative estimate of drug-likeness (QED) is 0.850. The monoisotopic (exact) mass is 292 g/mol. The zero-order chi connectivity index (χ0) is 14.4. The second-order valence-corrected chi connectivity index (χ2v) is 4.38. The number of benzene rings is 1. The summed E-state index contributed by atoms with van der Waals surface area (Å²) in [6, 6.07) is 7.65. The highest BCUT2D eigenvalue weighted by molar-refractivity contribution is 6.32. The van der Waals surface area contributed by atoms with Gasteiger partial charge in [-0.3, -0.25) is 0 Å². The van der Waals surface area contributed by atoms with Crippen LogP contribution in [0.2, 0.25) is 5.02 Å². The molecule has 0 atom stereocenters. The third-order valence-corrected chi connectivity index (χ3v) is 2.80. The molecule has 2 rings (SSSR count). The maximum absolute atomic E-state index is 6.12. The van der Waals surface area contributed by atoms with Crippen LogP contribution in [0.5, 0.6) is 5.75 Å². The molecule has 0 bridgehead atoms. The fraction of sp³-hybridized carbons (Fsp3) is 0.286. The predicted molar refractivity (Wildman–Crippen MR) is 82.1 cm³/mol. The van der Waals surface area contributed by atoms with Crippen molar-refractivity contribution >= 4 is 29.1 Å². The van der Waals surface area contributed by atoms with Crippen molar-refractivity contribution in [1.29, 1.82) is 0 Å². The van der Waals surface area contributed by atoms with Gasteiger partial charge in [0.2, 0.25) is 5.95 Å². The SMILES string of the molecule is CCNc1ncc(Cl)c(Nc2ccccc2OCC)n1. The average Bonchev–Trinajstić information content (AvgIpc) is 2.45. The lowest BCUT2D eigenvalue weighted by atomic mass is 10.3. The van der Waals surface area contributed by atoms with E-state index in [-0.39, 0.29) is 0 Å². The van der Waals surface area contributed by atoms with E-state index in [1.807, 2.05) is 38.1 Å². The van der Waals surface area contributed by atoms with Crippen LogP contribution in [0.25, 0.3) is 0 Å². The van der Waals surface area contributed by atoms with Crippen LogP contribution < -0.4 is 15.4 Å². The summed E-state index contributed by atoms with van der Waals surface area (Å²) < 4.78 is 5.56. The Labute approximate surface area is 123 Å². The Bertz CT molecular complexity index is 577. The summed E-state index contributed by atoms with van der Waals surface area (Å²) in [5.74, 6) is 1.84. The van der Waals surface area contributed by atoms with Crippen LogP contribution in [0.15, 0.2) is 30.5 Å². The lowest BCUT2D eigenvalue weighted by Crippen LogP contribution is -2.05. The third kappa shape index (κ3) is 3.51. The molecule has 1 aromatic carbocycles. The van der Waals surface area contributed by atoms with E-state index >= 15 is 0 Å². The number of halogens is 1. The van der Waals surface area contributed by atoms with Crippen molar-refractivity contribution in [2.75, 3.05) is 23.8 Å². The van der Waals surface area contributed by atoms with Crippen LogP contribution in [-0.2, 0) is 0 Å². The smallest absolute Gasteiger partial charge is 0.224 e. The lowest BCUT2D eigenvalue weighted by Gasteiger charge is -2.13. The maximum Gasteiger partial charge on any atom is 0.224 e. The van der Waals surface area contributed by atoms with E-state index in [1.165, 1.54) is 0 Å². The first-order valence-corrected chi connectivity index (χ1v) is 6.87. The first-order valence-electron chi connectivity index (χ1n) is 6.49. The van der Waals surface area contributed by atoms with Gasteiger partial charge >= 0.3 is 0 Å². The van der Waals surface area contributed by atoms with E-state index in [9.17, 15) is 0 Å². The fourth-order valence-corrected chi connectivity index (χ4v) is 1.82. The molecule has 0 radical (unpaired) electrons. The molecule has 0 aliphatic rings. The van der Waals surface area contributed by atoms with Gasteiger partial charge in [0.25, 0.3) is 0 Å². The molecule has 2 aromatic rings. The molecule has 2 N–H and O–H groups in total. The largest absolute Gasteiger partial charge is 0.492 e. The van der Waals surface area contributed by atoms with E-state index in [2.05, 4.69) is 20.6 Å². The molecule has 0 amide bonds. The Morgan fingerprint density at radius 1 is 1.25 bits per heavy atom. The standard InChI is InChI=1S/C14H17ClN4O/c1-3-16-14-17-9-10(15)13(19-14)18-11-7-5-6-8-12(11)20-4-2/h5-9H,3-4H2,1-2H3,(H2,16,17,18,19). The number of anilines is 3. The molecule has 0 saturated carbocycles. The highest BCUT2D eigenvalue weighted by atomic mass is 35.5. The van der Waals surface area contributed by atoms with E-state index in [1.54, 1.807) is 6.20 Å². The van der Waals surface area contributed by atoms with Crippen molar-refractivity contribution in [3.05, 3.63) is 35.5 Å². The van der Waals surface area contributed by atoms with Gasteiger partial charge in [-0.05, 0) is 26.0 Å². The van der Waals surface area contributed by atoms with Gasteiger partial charge in [0.1, 0.15) is 10.8 Å². The van der Waals surface area contributed by atoms with Crippen molar-refractivity contribution < 1.29 is 4.74 Å². The summed E-state index contributed by atoms with van der Waals surface area (Å²) in [6.07, 6.45) is 1.57. The molecular formula is C14H17ClN4O. The summed E-state index contributed by atoms with van der Waals surface area (Å²) in [4.78, 5) is 8.44. The van der Waals surface area contributed by atoms with Crippen LogP contribution in [-0.4, -0.2) is 23.1 Å². The number of nitrogens with zero attached hydrogens (tertiary/aromatic N) is 2. The molecule has 1 heterocycles. The Kier molecular flexibility index (Phi) is 5.01. The molecule has 0 saturated heterocycles. The van der Waals surface area contributed by atoms with Crippen molar-refractivity contribution in [2.24, 2.45) is 0 Å². The van der Waals surface area contributed by atoms with Gasteiger partial charge in [-0.1, -0.05) is 23.7 Å². The maximum atomic E-state index is 6.12. The molecular weight excluding hydrogens is 276 g/mol. The fourth-order valence-electron chi connectivity index (χ4n) is 1.68. The Hall–Kier alpha value is -2.01. The second-order valence-electron chi connectivity index (χ2n) is 3.97. The molecule has 0 unspecified atom stereocenters. The molecule has 1 aromatic heterocycles. The number of ether oxygens (including phenoxy) is 1. The van der Waals surface area contributed by atoms with Gasteiger partial charge in [0, 0.05) is 6.54 Å². The van der Waals surface area contributed by atoms with Gasteiger partial charge < -0.3 is 15.4 Å². The number of rotatable bonds is 6. The first-order chi connectivity index (χ1) is 9.74. The normalized spacial score (nSPS) is 10.2. The molecule has 6 heteroatoms. The first kappa shape index (κ1) is 14.4. The molecule has 5 nitrogen and oxygen atoms in total. The molecule has 0 aliphatic carbocycles. The van der Waals surface area contributed by atoms with E-state index in [0.29, 0.717) is 23.4 Å². The molecule has 0 fully saturated rings. The summed E-state index contributed by atoms with van der Waals surface area (Å²) in [7, 11) is 0. The van der Waals surface area contributed by atoms with Gasteiger partial charge in [0.05, 0.1) is 18.5 Å². The average molecular weight is 293 g/mol. The lowest BCUT2D eigenvalue weighted by molar-refractivity contribution is 0.342. The molecule has 0 aliphatic heterocycles. The Balaban J connectivity index is 2.27. The highest BCUT2D eigenvalue weighted by Gasteiger charge is 2.08. The van der Waals surface area contributed by atoms with Crippen LogP contribution in [0.3, 0.4) is 0 Å². The number of hydrogen-bond donors (Lipinski definition) is 2. The van der Waals surface area contributed by atoms with E-state index in [4.69, 9.17) is 16.3 Å². The number of nitrogens with one attached hydrogen (secondary N) is 2. The number of hydrogen-bond acceptors (Lipinski definition) is 5. The van der Waals surface area contributed by atoms with Gasteiger partial charge in [-0.25, -0.2) is 4.98 Å². The molecule has 20 heavy (non-hydrogen) atoms. The van der Waals surface area contributed by atoms with E-state index in [0.717, 1.165) is 18.0 Å². The zero-order valence-corrected chi connectivity index (χ0v) is 12.2. The van der Waals surface area contributed by atoms with Crippen LogP contribution in [0.1, 0.15) is 13.8 Å². The topological polar surface area (TPSA) is 59.1 Å². The van der Waals surface area contributed by atoms with Crippen molar-refractivity contribution in [2.45, 2.75) is 13.8 Å². The minimum Gasteiger partial charge on any atom is -0.492 e. The third-order valence-electron chi connectivity index (χ3n) is 2.52. The van der Waals surface area contributed by atoms with Crippen LogP contribution in [0, 0.1) is 0 Å². The molecule has 106 valence electrons. The summed E-state index contributed by atoms with van der Waals surface area (Å²) >= 11 is 6.12. The molecule has 0 spiro atoms. The van der Waals surface area contributed by atoms with Crippen molar-refractivity contribution in [1.82, 2.24) is 9.97 Å². The van der Waals surface area contributed by atoms with Gasteiger partial charge in [-0.2, -0.15) is 4.98 Å². The van der Waals surface area contributed by atoms with E-state index < -0.39 is 0 Å². The summed E-state index contributed by atoms with van der Waals surface area (Å²) in [6.45, 7) is 5.27. The summed E-state index contributed by atoms with van der Waals surface area (Å²) in [5, 5.41) is 6.68. The Morgan fingerprint density at radius 2 is 2.05 bits per heavy atom. The number of para-hydroxylation sites is 2. The van der Waals surface area contributed by atoms with Gasteiger partial charge in [0.15, 0.2) is 5.82 Å².